The Morgan fingerprint density at radius 1 is 0.581 bits per heavy atom. The largest absolute Gasteiger partial charge is 0.466 e. The molecule has 0 amide bonds. The standard InChI is InChI=1S/C22H42O8S/c1-7-25-19(23)13-15-21(27-9-3,28-10-4)17-31-18-22(29-11-5,30-12-6)16-14-20(24)26-8-2/h7-18H2,1-6H3. The molecule has 0 aromatic heterocycles. The molecule has 0 bridgehead atoms. The van der Waals surface area contributed by atoms with Gasteiger partial charge in [0.1, 0.15) is 0 Å². The molecule has 0 aromatic rings. The molecular weight excluding hydrogens is 424 g/mol. The van der Waals surface area contributed by atoms with Crippen LogP contribution < -0.4 is 0 Å². The maximum Gasteiger partial charge on any atom is 0.305 e. The van der Waals surface area contributed by atoms with Crippen molar-refractivity contribution >= 4 is 23.7 Å². The SMILES string of the molecule is CCOC(=O)CCC(CSCC(CCC(=O)OCC)(OCC)OCC)(OCC)OCC. The summed E-state index contributed by atoms with van der Waals surface area (Å²) in [6, 6.07) is 0. The molecule has 0 aliphatic carbocycles. The molecule has 0 aliphatic heterocycles. The Kier molecular flexibility index (Phi) is 17.2. The summed E-state index contributed by atoms with van der Waals surface area (Å²) >= 11 is 1.55. The Bertz CT molecular complexity index is 432. The minimum absolute atomic E-state index is 0.208. The van der Waals surface area contributed by atoms with E-state index in [-0.39, 0.29) is 24.8 Å². The van der Waals surface area contributed by atoms with E-state index in [1.54, 1.807) is 25.6 Å². The van der Waals surface area contributed by atoms with Crippen LogP contribution in [-0.2, 0) is 38.0 Å². The first-order chi connectivity index (χ1) is 14.9. The zero-order chi connectivity index (χ0) is 23.6. The molecule has 0 radical (unpaired) electrons. The van der Waals surface area contributed by atoms with Gasteiger partial charge in [0, 0.05) is 50.8 Å². The average Bonchev–Trinajstić information content (AvgIpc) is 2.72. The number of rotatable bonds is 20. The highest BCUT2D eigenvalue weighted by atomic mass is 32.2. The third-order valence-corrected chi connectivity index (χ3v) is 5.59. The number of esters is 2. The van der Waals surface area contributed by atoms with Gasteiger partial charge in [-0.2, -0.15) is 11.8 Å². The van der Waals surface area contributed by atoms with Gasteiger partial charge in [0.15, 0.2) is 11.6 Å². The van der Waals surface area contributed by atoms with E-state index in [0.29, 0.717) is 64.0 Å². The van der Waals surface area contributed by atoms with Gasteiger partial charge in [0.2, 0.25) is 0 Å². The highest BCUT2D eigenvalue weighted by Gasteiger charge is 2.37. The van der Waals surface area contributed by atoms with Crippen LogP contribution in [0.1, 0.15) is 67.2 Å². The normalized spacial score (nSPS) is 12.1. The van der Waals surface area contributed by atoms with Gasteiger partial charge in [-0.15, -0.1) is 0 Å². The molecule has 9 heteroatoms. The Labute approximate surface area is 192 Å². The third-order valence-electron chi connectivity index (χ3n) is 4.30. The van der Waals surface area contributed by atoms with E-state index >= 15 is 0 Å². The lowest BCUT2D eigenvalue weighted by atomic mass is 10.1. The Hall–Kier alpha value is -0.870. The van der Waals surface area contributed by atoms with Crippen LogP contribution in [-0.4, -0.2) is 74.7 Å². The van der Waals surface area contributed by atoms with Crippen LogP contribution in [0, 0.1) is 0 Å². The molecule has 0 fully saturated rings. The maximum absolute atomic E-state index is 11.9. The molecule has 0 N–H and O–H groups in total. The summed E-state index contributed by atoms with van der Waals surface area (Å²) in [5.41, 5.74) is 0. The first kappa shape index (κ1) is 30.1. The fraction of sp³-hybridized carbons (Fsp3) is 0.909. The second-order valence-electron chi connectivity index (χ2n) is 6.66. The van der Waals surface area contributed by atoms with E-state index in [1.165, 1.54) is 0 Å². The lowest BCUT2D eigenvalue weighted by molar-refractivity contribution is -0.226. The van der Waals surface area contributed by atoms with E-state index in [1.807, 2.05) is 27.7 Å². The summed E-state index contributed by atoms with van der Waals surface area (Å²) in [6.07, 6.45) is 1.19. The van der Waals surface area contributed by atoms with Gasteiger partial charge in [0.25, 0.3) is 0 Å². The summed E-state index contributed by atoms with van der Waals surface area (Å²) in [6.45, 7) is 13.6. The second-order valence-corrected chi connectivity index (χ2v) is 7.64. The number of ether oxygens (including phenoxy) is 6. The monoisotopic (exact) mass is 466 g/mol. The van der Waals surface area contributed by atoms with E-state index in [2.05, 4.69) is 0 Å². The van der Waals surface area contributed by atoms with Gasteiger partial charge in [-0.1, -0.05) is 0 Å². The van der Waals surface area contributed by atoms with Crippen LogP contribution in [0.25, 0.3) is 0 Å². The van der Waals surface area contributed by atoms with Crippen LogP contribution in [0.15, 0.2) is 0 Å². The lowest BCUT2D eigenvalue weighted by Gasteiger charge is -2.36. The quantitative estimate of drug-likeness (QED) is 0.195. The number of carbonyl (C=O) groups is 2. The lowest BCUT2D eigenvalue weighted by Crippen LogP contribution is -2.43. The predicted octanol–water partition coefficient (Wildman–Crippen LogP) is 3.94. The molecule has 0 saturated carbocycles. The van der Waals surface area contributed by atoms with Crippen molar-refractivity contribution in [2.75, 3.05) is 51.1 Å². The molecule has 0 saturated heterocycles. The Balaban J connectivity index is 5.22. The second kappa shape index (κ2) is 17.7. The molecule has 31 heavy (non-hydrogen) atoms. The average molecular weight is 467 g/mol. The van der Waals surface area contributed by atoms with Gasteiger partial charge in [-0.25, -0.2) is 0 Å². The first-order valence-electron chi connectivity index (χ1n) is 11.3. The molecule has 184 valence electrons. The van der Waals surface area contributed by atoms with Gasteiger partial charge < -0.3 is 28.4 Å². The fourth-order valence-corrected chi connectivity index (χ4v) is 4.49. The zero-order valence-electron chi connectivity index (χ0n) is 20.2. The van der Waals surface area contributed by atoms with Crippen molar-refractivity contribution in [3.8, 4) is 0 Å². The van der Waals surface area contributed by atoms with E-state index in [0.717, 1.165) is 0 Å². The molecule has 0 aromatic carbocycles. The molecule has 0 heterocycles. The van der Waals surface area contributed by atoms with Crippen LogP contribution in [0.2, 0.25) is 0 Å². The number of carbonyl (C=O) groups excluding carboxylic acids is 2. The van der Waals surface area contributed by atoms with Crippen molar-refractivity contribution in [3.63, 3.8) is 0 Å². The van der Waals surface area contributed by atoms with Crippen molar-refractivity contribution < 1.29 is 38.0 Å². The number of thioether (sulfide) groups is 1. The van der Waals surface area contributed by atoms with Crippen molar-refractivity contribution in [1.29, 1.82) is 0 Å². The molecule has 0 rings (SSSR count). The molecule has 0 spiro atoms. The molecule has 8 nitrogen and oxygen atoms in total. The minimum Gasteiger partial charge on any atom is -0.466 e. The van der Waals surface area contributed by atoms with Crippen molar-refractivity contribution in [1.82, 2.24) is 0 Å². The first-order valence-corrected chi connectivity index (χ1v) is 12.5. The Morgan fingerprint density at radius 2 is 0.903 bits per heavy atom. The maximum atomic E-state index is 11.9. The summed E-state index contributed by atoms with van der Waals surface area (Å²) in [4.78, 5) is 23.8. The molecular formula is C22H42O8S. The minimum atomic E-state index is -0.910. The van der Waals surface area contributed by atoms with Crippen LogP contribution >= 0.6 is 11.8 Å². The van der Waals surface area contributed by atoms with Gasteiger partial charge in [-0.05, 0) is 41.5 Å². The van der Waals surface area contributed by atoms with E-state index in [9.17, 15) is 9.59 Å². The Morgan fingerprint density at radius 3 is 1.16 bits per heavy atom. The predicted molar refractivity (Wildman–Crippen MR) is 121 cm³/mol. The third kappa shape index (κ3) is 12.7. The van der Waals surface area contributed by atoms with Gasteiger partial charge >= 0.3 is 11.9 Å². The van der Waals surface area contributed by atoms with Crippen molar-refractivity contribution in [2.24, 2.45) is 0 Å². The van der Waals surface area contributed by atoms with Crippen molar-refractivity contribution in [3.05, 3.63) is 0 Å². The molecule has 0 atom stereocenters. The van der Waals surface area contributed by atoms with Crippen LogP contribution in [0.4, 0.5) is 0 Å². The highest BCUT2D eigenvalue weighted by Crippen LogP contribution is 2.31. The number of hydrogen-bond donors (Lipinski definition) is 0. The van der Waals surface area contributed by atoms with Crippen LogP contribution in [0.3, 0.4) is 0 Å². The molecule has 0 unspecified atom stereocenters. The molecule has 0 aliphatic rings. The van der Waals surface area contributed by atoms with Gasteiger partial charge in [0.05, 0.1) is 26.1 Å². The van der Waals surface area contributed by atoms with E-state index < -0.39 is 11.6 Å². The smallest absolute Gasteiger partial charge is 0.305 e. The van der Waals surface area contributed by atoms with Crippen molar-refractivity contribution in [2.45, 2.75) is 78.8 Å². The highest BCUT2D eigenvalue weighted by molar-refractivity contribution is 7.99. The zero-order valence-corrected chi connectivity index (χ0v) is 21.0. The van der Waals surface area contributed by atoms with Gasteiger partial charge in [-0.3, -0.25) is 9.59 Å². The fourth-order valence-electron chi connectivity index (χ4n) is 3.15. The summed E-state index contributed by atoms with van der Waals surface area (Å²) in [5.74, 6) is -1.41. The van der Waals surface area contributed by atoms with E-state index in [4.69, 9.17) is 28.4 Å². The topological polar surface area (TPSA) is 89.5 Å². The summed E-state index contributed by atoms with van der Waals surface area (Å²) in [7, 11) is 0. The van der Waals surface area contributed by atoms with Crippen LogP contribution in [0.5, 0.6) is 0 Å². The number of hydrogen-bond acceptors (Lipinski definition) is 9. The summed E-state index contributed by atoms with van der Waals surface area (Å²) < 4.78 is 33.9. The summed E-state index contributed by atoms with van der Waals surface area (Å²) in [5, 5.41) is 0.